The molecule has 0 heterocycles. The maximum Gasteiger partial charge on any atom is 0.391 e. The summed E-state index contributed by atoms with van der Waals surface area (Å²) in [4.78, 5) is 12.0. The molecule has 0 aromatic heterocycles. The maximum atomic E-state index is 12.7. The molecule has 124 valence electrons. The van der Waals surface area contributed by atoms with Gasteiger partial charge in [0.15, 0.2) is 0 Å². The highest BCUT2D eigenvalue weighted by Crippen LogP contribution is 2.39. The smallest absolute Gasteiger partial charge is 0.388 e. The Kier molecular flexibility index (Phi) is 6.08. The highest BCUT2D eigenvalue weighted by Gasteiger charge is 2.43. The molecular weight excluding hydrogens is 283 g/mol. The summed E-state index contributed by atoms with van der Waals surface area (Å²) >= 11 is 0. The first-order valence-electron chi connectivity index (χ1n) is 7.64. The van der Waals surface area contributed by atoms with Crippen molar-refractivity contribution in [2.24, 2.45) is 17.8 Å². The molecule has 0 saturated heterocycles. The Balaban J connectivity index is 2.52. The fourth-order valence-electron chi connectivity index (χ4n) is 2.75. The van der Waals surface area contributed by atoms with E-state index in [2.05, 4.69) is 5.32 Å². The van der Waals surface area contributed by atoms with Crippen molar-refractivity contribution in [3.05, 3.63) is 0 Å². The van der Waals surface area contributed by atoms with Gasteiger partial charge >= 0.3 is 6.18 Å². The van der Waals surface area contributed by atoms with E-state index in [0.29, 0.717) is 12.8 Å². The van der Waals surface area contributed by atoms with E-state index in [1.54, 1.807) is 6.92 Å². The average molecular weight is 309 g/mol. The topological polar surface area (TPSA) is 49.3 Å². The third-order valence-electron chi connectivity index (χ3n) is 4.80. The van der Waals surface area contributed by atoms with Gasteiger partial charge in [0.25, 0.3) is 0 Å². The third-order valence-corrected chi connectivity index (χ3v) is 4.80. The van der Waals surface area contributed by atoms with Gasteiger partial charge in [0.1, 0.15) is 0 Å². The Bertz CT molecular complexity index is 355. The van der Waals surface area contributed by atoms with E-state index in [0.717, 1.165) is 6.42 Å². The molecule has 0 spiro atoms. The van der Waals surface area contributed by atoms with Crippen LogP contribution in [-0.2, 0) is 4.79 Å². The molecule has 1 amide bonds. The molecule has 21 heavy (non-hydrogen) atoms. The Morgan fingerprint density at radius 2 is 2.00 bits per heavy atom. The van der Waals surface area contributed by atoms with E-state index in [4.69, 9.17) is 0 Å². The summed E-state index contributed by atoms with van der Waals surface area (Å²) in [6.45, 7) is 5.54. The number of hydrogen-bond donors (Lipinski definition) is 2. The highest BCUT2D eigenvalue weighted by atomic mass is 19.4. The monoisotopic (exact) mass is 309 g/mol. The zero-order chi connectivity index (χ0) is 16.3. The van der Waals surface area contributed by atoms with E-state index in [9.17, 15) is 23.1 Å². The molecule has 1 fully saturated rings. The first kappa shape index (κ1) is 18.3. The molecule has 0 aromatic rings. The van der Waals surface area contributed by atoms with Gasteiger partial charge in [-0.2, -0.15) is 13.2 Å². The Morgan fingerprint density at radius 3 is 2.52 bits per heavy atom. The first-order valence-corrected chi connectivity index (χ1v) is 7.64. The van der Waals surface area contributed by atoms with E-state index in [-0.39, 0.29) is 31.2 Å². The Morgan fingerprint density at radius 1 is 1.38 bits per heavy atom. The minimum Gasteiger partial charge on any atom is -0.388 e. The predicted octanol–water partition coefficient (Wildman–Crippen LogP) is 3.27. The van der Waals surface area contributed by atoms with E-state index in [1.807, 2.05) is 13.8 Å². The van der Waals surface area contributed by atoms with Crippen LogP contribution in [0.25, 0.3) is 0 Å². The number of carbonyl (C=O) groups excluding carboxylic acids is 1. The van der Waals surface area contributed by atoms with Crippen LogP contribution in [0, 0.1) is 17.8 Å². The summed E-state index contributed by atoms with van der Waals surface area (Å²) in [6, 6.07) is 0. The van der Waals surface area contributed by atoms with E-state index in [1.165, 1.54) is 0 Å². The summed E-state index contributed by atoms with van der Waals surface area (Å²) in [5, 5.41) is 12.8. The van der Waals surface area contributed by atoms with Gasteiger partial charge in [-0.3, -0.25) is 4.79 Å². The van der Waals surface area contributed by atoms with Crippen molar-refractivity contribution >= 4 is 5.91 Å². The fraction of sp³-hybridized carbons (Fsp3) is 0.933. The van der Waals surface area contributed by atoms with Crippen molar-refractivity contribution in [2.45, 2.75) is 64.7 Å². The number of aliphatic hydroxyl groups is 1. The molecule has 0 aromatic carbocycles. The largest absolute Gasteiger partial charge is 0.391 e. The van der Waals surface area contributed by atoms with Crippen molar-refractivity contribution in [1.82, 2.24) is 5.32 Å². The summed E-state index contributed by atoms with van der Waals surface area (Å²) in [7, 11) is 0. The third kappa shape index (κ3) is 5.16. The summed E-state index contributed by atoms with van der Waals surface area (Å²) < 4.78 is 38.2. The minimum absolute atomic E-state index is 0.00656. The summed E-state index contributed by atoms with van der Waals surface area (Å²) in [5.41, 5.74) is -1.04. The number of rotatable bonds is 5. The SMILES string of the molecule is CCC(C)C(C)(O)CNC(=O)C1CCCC(C(F)(F)F)C1. The standard InChI is InChI=1S/C15H26F3NO2/c1-4-10(2)14(3,21)9-19-13(20)11-6-5-7-12(8-11)15(16,17)18/h10-12,21H,4-9H2,1-3H3,(H,19,20). The van der Waals surface area contributed by atoms with Crippen molar-refractivity contribution < 1.29 is 23.1 Å². The number of alkyl halides is 3. The van der Waals surface area contributed by atoms with E-state index >= 15 is 0 Å². The lowest BCUT2D eigenvalue weighted by Crippen LogP contribution is -2.47. The van der Waals surface area contributed by atoms with Gasteiger partial charge in [-0.15, -0.1) is 0 Å². The first-order chi connectivity index (χ1) is 9.58. The maximum absolute atomic E-state index is 12.7. The minimum atomic E-state index is -4.22. The number of carbonyl (C=O) groups is 1. The Labute approximate surface area is 124 Å². The second-order valence-corrected chi connectivity index (χ2v) is 6.49. The van der Waals surface area contributed by atoms with Crippen LogP contribution in [0.2, 0.25) is 0 Å². The van der Waals surface area contributed by atoms with Crippen molar-refractivity contribution in [3.63, 3.8) is 0 Å². The van der Waals surface area contributed by atoms with Crippen LogP contribution in [0.1, 0.15) is 52.9 Å². The molecule has 0 radical (unpaired) electrons. The number of hydrogen-bond acceptors (Lipinski definition) is 2. The number of nitrogens with one attached hydrogen (secondary N) is 1. The molecule has 1 rings (SSSR count). The zero-order valence-corrected chi connectivity index (χ0v) is 13.0. The van der Waals surface area contributed by atoms with Gasteiger partial charge in [-0.25, -0.2) is 0 Å². The molecule has 1 saturated carbocycles. The van der Waals surface area contributed by atoms with Crippen molar-refractivity contribution in [2.75, 3.05) is 6.54 Å². The normalized spacial score (nSPS) is 27.8. The second-order valence-electron chi connectivity index (χ2n) is 6.49. The predicted molar refractivity (Wildman–Crippen MR) is 74.6 cm³/mol. The Hall–Kier alpha value is -0.780. The van der Waals surface area contributed by atoms with Crippen LogP contribution in [0.4, 0.5) is 13.2 Å². The van der Waals surface area contributed by atoms with Gasteiger partial charge in [-0.1, -0.05) is 26.7 Å². The molecule has 1 aliphatic carbocycles. The molecule has 0 aliphatic heterocycles. The molecule has 4 atom stereocenters. The second kappa shape index (κ2) is 6.99. The van der Waals surface area contributed by atoms with Gasteiger partial charge in [0.05, 0.1) is 11.5 Å². The quantitative estimate of drug-likeness (QED) is 0.819. The van der Waals surface area contributed by atoms with Crippen LogP contribution in [-0.4, -0.2) is 29.3 Å². The van der Waals surface area contributed by atoms with Crippen molar-refractivity contribution in [3.8, 4) is 0 Å². The van der Waals surface area contributed by atoms with Gasteiger partial charge in [0, 0.05) is 12.5 Å². The van der Waals surface area contributed by atoms with Gasteiger partial charge < -0.3 is 10.4 Å². The van der Waals surface area contributed by atoms with Crippen LogP contribution >= 0.6 is 0 Å². The number of amides is 1. The molecule has 6 heteroatoms. The molecule has 1 aliphatic rings. The summed E-state index contributed by atoms with van der Waals surface area (Å²) in [5.74, 6) is -2.34. The van der Waals surface area contributed by atoms with Crippen molar-refractivity contribution in [1.29, 1.82) is 0 Å². The lowest BCUT2D eigenvalue weighted by molar-refractivity contribution is -0.186. The van der Waals surface area contributed by atoms with E-state index < -0.39 is 23.6 Å². The molecular formula is C15H26F3NO2. The molecule has 0 bridgehead atoms. The lowest BCUT2D eigenvalue weighted by atomic mass is 9.80. The van der Waals surface area contributed by atoms with Crippen LogP contribution in [0.3, 0.4) is 0 Å². The van der Waals surface area contributed by atoms with Crippen LogP contribution < -0.4 is 5.32 Å². The lowest BCUT2D eigenvalue weighted by Gasteiger charge is -2.32. The summed E-state index contributed by atoms with van der Waals surface area (Å²) in [6.07, 6.45) is -2.57. The average Bonchev–Trinajstić information content (AvgIpc) is 2.43. The highest BCUT2D eigenvalue weighted by molar-refractivity contribution is 5.78. The molecule has 2 N–H and O–H groups in total. The number of halogens is 3. The molecule has 3 nitrogen and oxygen atoms in total. The van der Waals surface area contributed by atoms with Crippen LogP contribution in [0.15, 0.2) is 0 Å². The fourth-order valence-corrected chi connectivity index (χ4v) is 2.75. The molecule has 4 unspecified atom stereocenters. The zero-order valence-electron chi connectivity index (χ0n) is 13.0. The van der Waals surface area contributed by atoms with Gasteiger partial charge in [0.2, 0.25) is 5.91 Å². The van der Waals surface area contributed by atoms with Crippen LogP contribution in [0.5, 0.6) is 0 Å². The van der Waals surface area contributed by atoms with Gasteiger partial charge in [-0.05, 0) is 32.1 Å².